The lowest BCUT2D eigenvalue weighted by Gasteiger charge is -2.05. The Kier molecular flexibility index (Phi) is 1.98. The molecule has 0 radical (unpaired) electrons. The van der Waals surface area contributed by atoms with E-state index in [2.05, 4.69) is 26.1 Å². The van der Waals surface area contributed by atoms with Crippen LogP contribution in [0.3, 0.4) is 0 Å². The van der Waals surface area contributed by atoms with Gasteiger partial charge in [-0.2, -0.15) is 5.10 Å². The summed E-state index contributed by atoms with van der Waals surface area (Å²) in [4.78, 5) is 0. The molecule has 1 aromatic rings. The Bertz CT molecular complexity index is 238. The molecule has 1 fully saturated rings. The van der Waals surface area contributed by atoms with E-state index in [9.17, 15) is 0 Å². The van der Waals surface area contributed by atoms with Gasteiger partial charge in [0.25, 0.3) is 0 Å². The first-order chi connectivity index (χ1) is 5.38. The maximum atomic E-state index is 3.99. The van der Waals surface area contributed by atoms with Crippen molar-refractivity contribution in [2.75, 3.05) is 0 Å². The number of rotatable bonds is 1. The van der Waals surface area contributed by atoms with E-state index in [0.717, 1.165) is 10.4 Å². The second kappa shape index (κ2) is 2.97. The quantitative estimate of drug-likeness (QED) is 0.766. The molecule has 0 saturated heterocycles. The monoisotopic (exact) mass is 214 g/mol. The van der Waals surface area contributed by atoms with Crippen LogP contribution in [0.25, 0.3) is 0 Å². The third-order valence-corrected chi connectivity index (χ3v) is 3.02. The summed E-state index contributed by atoms with van der Waals surface area (Å²) in [5.74, 6) is 0.729. The van der Waals surface area contributed by atoms with Gasteiger partial charge in [-0.05, 0) is 28.8 Å². The van der Waals surface area contributed by atoms with E-state index >= 15 is 0 Å². The lowest BCUT2D eigenvalue weighted by Crippen LogP contribution is -1.92. The van der Waals surface area contributed by atoms with Crippen molar-refractivity contribution in [3.63, 3.8) is 0 Å². The Morgan fingerprint density at radius 1 is 1.45 bits per heavy atom. The van der Waals surface area contributed by atoms with Crippen LogP contribution in [0.15, 0.2) is 10.7 Å². The molecule has 1 aliphatic carbocycles. The summed E-state index contributed by atoms with van der Waals surface area (Å²) in [7, 11) is 0. The molecule has 0 unspecified atom stereocenters. The second-order valence-corrected chi connectivity index (χ2v) is 3.97. The van der Waals surface area contributed by atoms with Crippen molar-refractivity contribution in [2.45, 2.75) is 31.6 Å². The minimum atomic E-state index is 0.729. The number of aromatic nitrogens is 2. The van der Waals surface area contributed by atoms with Gasteiger partial charge in [0, 0.05) is 5.92 Å². The Morgan fingerprint density at radius 2 is 2.18 bits per heavy atom. The lowest BCUT2D eigenvalue weighted by atomic mass is 10.1. The molecule has 1 aliphatic rings. The van der Waals surface area contributed by atoms with Crippen LogP contribution in [0, 0.1) is 0 Å². The molecule has 3 heteroatoms. The van der Waals surface area contributed by atoms with Crippen LogP contribution >= 0.6 is 15.9 Å². The van der Waals surface area contributed by atoms with Gasteiger partial charge in [0.15, 0.2) is 0 Å². The van der Waals surface area contributed by atoms with E-state index < -0.39 is 0 Å². The van der Waals surface area contributed by atoms with Gasteiger partial charge in [0.05, 0.1) is 16.4 Å². The maximum Gasteiger partial charge on any atom is 0.0632 e. The van der Waals surface area contributed by atoms with E-state index in [1.54, 1.807) is 0 Å². The topological polar surface area (TPSA) is 28.7 Å². The third kappa shape index (κ3) is 1.34. The summed E-state index contributed by atoms with van der Waals surface area (Å²) >= 11 is 3.48. The normalized spacial score (nSPS) is 19.4. The van der Waals surface area contributed by atoms with Crippen molar-refractivity contribution in [1.29, 1.82) is 0 Å². The predicted octanol–water partition coefficient (Wildman–Crippen LogP) is 2.83. The van der Waals surface area contributed by atoms with Crippen LogP contribution in [0.4, 0.5) is 0 Å². The molecule has 1 N–H and O–H groups in total. The van der Waals surface area contributed by atoms with Crippen molar-refractivity contribution < 1.29 is 0 Å². The zero-order valence-electron chi connectivity index (χ0n) is 6.31. The molecule has 1 heterocycles. The van der Waals surface area contributed by atoms with Gasteiger partial charge in [-0.15, -0.1) is 0 Å². The number of nitrogens with zero attached hydrogens (tertiary/aromatic N) is 1. The molecule has 60 valence electrons. The van der Waals surface area contributed by atoms with Crippen molar-refractivity contribution in [3.05, 3.63) is 16.4 Å². The zero-order valence-corrected chi connectivity index (χ0v) is 7.89. The minimum absolute atomic E-state index is 0.729. The molecule has 1 aromatic heterocycles. The minimum Gasteiger partial charge on any atom is -0.281 e. The van der Waals surface area contributed by atoms with Crippen LogP contribution < -0.4 is 0 Å². The molecular weight excluding hydrogens is 204 g/mol. The number of aromatic amines is 1. The Morgan fingerprint density at radius 3 is 2.73 bits per heavy atom. The smallest absolute Gasteiger partial charge is 0.0632 e. The van der Waals surface area contributed by atoms with Gasteiger partial charge in [-0.3, -0.25) is 5.10 Å². The van der Waals surface area contributed by atoms with E-state index in [1.165, 1.54) is 31.4 Å². The van der Waals surface area contributed by atoms with Gasteiger partial charge in [-0.25, -0.2) is 0 Å². The van der Waals surface area contributed by atoms with Crippen LogP contribution in [0.5, 0.6) is 0 Å². The number of hydrogen-bond acceptors (Lipinski definition) is 1. The van der Waals surface area contributed by atoms with Crippen molar-refractivity contribution in [2.24, 2.45) is 0 Å². The van der Waals surface area contributed by atoms with Gasteiger partial charge in [0.1, 0.15) is 0 Å². The molecule has 0 atom stereocenters. The molecule has 0 bridgehead atoms. The highest BCUT2D eigenvalue weighted by molar-refractivity contribution is 9.10. The SMILES string of the molecule is Brc1cn[nH]c1C1CCCC1. The molecule has 0 spiro atoms. The van der Waals surface area contributed by atoms with E-state index in [4.69, 9.17) is 0 Å². The zero-order chi connectivity index (χ0) is 7.68. The van der Waals surface area contributed by atoms with Gasteiger partial charge in [0.2, 0.25) is 0 Å². The molecule has 0 amide bonds. The summed E-state index contributed by atoms with van der Waals surface area (Å²) in [5.41, 5.74) is 1.29. The first kappa shape index (κ1) is 7.35. The molecule has 1 saturated carbocycles. The molecule has 0 aliphatic heterocycles. The summed E-state index contributed by atoms with van der Waals surface area (Å²) in [6.07, 6.45) is 7.22. The van der Waals surface area contributed by atoms with Crippen LogP contribution in [-0.4, -0.2) is 10.2 Å². The van der Waals surface area contributed by atoms with Crippen LogP contribution in [-0.2, 0) is 0 Å². The average Bonchev–Trinajstić information content (AvgIpc) is 2.55. The highest BCUT2D eigenvalue weighted by Gasteiger charge is 2.20. The first-order valence-electron chi connectivity index (χ1n) is 4.06. The number of halogens is 1. The largest absolute Gasteiger partial charge is 0.281 e. The first-order valence-corrected chi connectivity index (χ1v) is 4.86. The molecule has 0 aromatic carbocycles. The number of H-pyrrole nitrogens is 1. The number of nitrogens with one attached hydrogen (secondary N) is 1. The lowest BCUT2D eigenvalue weighted by molar-refractivity contribution is 0.690. The highest BCUT2D eigenvalue weighted by atomic mass is 79.9. The molecule has 11 heavy (non-hydrogen) atoms. The fourth-order valence-corrected chi connectivity index (χ4v) is 2.30. The standard InChI is InChI=1S/C8H11BrN2/c9-7-5-10-11-8(7)6-3-1-2-4-6/h5-6H,1-4H2,(H,10,11). The number of hydrogen-bond donors (Lipinski definition) is 1. The van der Waals surface area contributed by atoms with E-state index in [-0.39, 0.29) is 0 Å². The van der Waals surface area contributed by atoms with E-state index in [0.29, 0.717) is 0 Å². The average molecular weight is 215 g/mol. The predicted molar refractivity (Wildman–Crippen MR) is 47.5 cm³/mol. The van der Waals surface area contributed by atoms with Crippen LogP contribution in [0.1, 0.15) is 37.3 Å². The maximum absolute atomic E-state index is 3.99. The summed E-state index contributed by atoms with van der Waals surface area (Å²) in [6, 6.07) is 0. The van der Waals surface area contributed by atoms with Crippen molar-refractivity contribution in [1.82, 2.24) is 10.2 Å². The Balaban J connectivity index is 2.21. The van der Waals surface area contributed by atoms with Crippen LogP contribution in [0.2, 0.25) is 0 Å². The Hall–Kier alpha value is -0.310. The summed E-state index contributed by atoms with van der Waals surface area (Å²) < 4.78 is 1.14. The fraction of sp³-hybridized carbons (Fsp3) is 0.625. The Labute approximate surface area is 74.5 Å². The fourth-order valence-electron chi connectivity index (χ4n) is 1.78. The van der Waals surface area contributed by atoms with Gasteiger partial charge < -0.3 is 0 Å². The molecule has 2 rings (SSSR count). The highest BCUT2D eigenvalue weighted by Crippen LogP contribution is 2.35. The van der Waals surface area contributed by atoms with Crippen molar-refractivity contribution in [3.8, 4) is 0 Å². The summed E-state index contributed by atoms with van der Waals surface area (Å²) in [5, 5.41) is 7.04. The molecular formula is C8H11BrN2. The summed E-state index contributed by atoms with van der Waals surface area (Å²) in [6.45, 7) is 0. The molecule has 2 nitrogen and oxygen atoms in total. The third-order valence-electron chi connectivity index (χ3n) is 2.38. The van der Waals surface area contributed by atoms with E-state index in [1.807, 2.05) is 6.20 Å². The van der Waals surface area contributed by atoms with Gasteiger partial charge >= 0.3 is 0 Å². The second-order valence-electron chi connectivity index (χ2n) is 3.11. The van der Waals surface area contributed by atoms with Crippen molar-refractivity contribution >= 4 is 15.9 Å². The van der Waals surface area contributed by atoms with Gasteiger partial charge in [-0.1, -0.05) is 12.8 Å².